The molecule has 0 aromatic heterocycles. The maximum atomic E-state index is 13.1. The van der Waals surface area contributed by atoms with Crippen LogP contribution in [-0.4, -0.2) is 6.61 Å². The molecule has 1 atom stereocenters. The molecule has 2 nitrogen and oxygen atoms in total. The van der Waals surface area contributed by atoms with Crippen molar-refractivity contribution in [2.75, 3.05) is 6.61 Å². The first-order valence-electron chi connectivity index (χ1n) is 4.17. The van der Waals surface area contributed by atoms with Crippen molar-refractivity contribution in [1.82, 2.24) is 0 Å². The summed E-state index contributed by atoms with van der Waals surface area (Å²) in [5.41, 5.74) is 5.79. The van der Waals surface area contributed by atoms with Crippen molar-refractivity contribution in [3.63, 3.8) is 0 Å². The smallest absolute Gasteiger partial charge is 0.204 e. The first-order valence-corrected chi connectivity index (χ1v) is 4.17. The van der Waals surface area contributed by atoms with Gasteiger partial charge in [0.1, 0.15) is 0 Å². The molecule has 0 amide bonds. The number of benzene rings is 1. The molecule has 0 spiro atoms. The van der Waals surface area contributed by atoms with Crippen LogP contribution in [0.2, 0.25) is 0 Å². The maximum Gasteiger partial charge on any atom is 0.204 e. The molecule has 15 heavy (non-hydrogen) atoms. The van der Waals surface area contributed by atoms with Crippen LogP contribution in [0.1, 0.15) is 18.0 Å². The number of hydrogen-bond acceptors (Lipinski definition) is 2. The standard InChI is InChI=1S/C9H8F3NO.ClH/c10-5-3-4-6(13)1-2-14-9(4)8(12)7(5)11;/h3,6H,1-2,13H2;1H/t6-;/m0./s1. The number of halogens is 4. The largest absolute Gasteiger partial charge is 0.490 e. The molecule has 0 saturated carbocycles. The number of hydrogen-bond donors (Lipinski definition) is 1. The van der Waals surface area contributed by atoms with Gasteiger partial charge in [0.15, 0.2) is 17.4 Å². The molecule has 1 heterocycles. The van der Waals surface area contributed by atoms with Gasteiger partial charge in [-0.25, -0.2) is 8.78 Å². The molecule has 2 N–H and O–H groups in total. The number of ether oxygens (including phenoxy) is 1. The molecule has 0 fully saturated rings. The normalized spacial score (nSPS) is 18.8. The maximum absolute atomic E-state index is 13.1. The Kier molecular flexibility index (Phi) is 3.46. The molecular formula is C9H9ClF3NO. The lowest BCUT2D eigenvalue weighted by Crippen LogP contribution is -2.22. The lowest BCUT2D eigenvalue weighted by Gasteiger charge is -2.23. The van der Waals surface area contributed by atoms with Crippen molar-refractivity contribution in [2.45, 2.75) is 12.5 Å². The molecule has 6 heteroatoms. The second kappa shape index (κ2) is 4.28. The van der Waals surface area contributed by atoms with Crippen LogP contribution in [0.25, 0.3) is 0 Å². The van der Waals surface area contributed by atoms with E-state index < -0.39 is 23.5 Å². The first kappa shape index (κ1) is 12.1. The summed E-state index contributed by atoms with van der Waals surface area (Å²) in [6.45, 7) is 0.218. The van der Waals surface area contributed by atoms with Gasteiger partial charge in [-0.1, -0.05) is 0 Å². The average molecular weight is 240 g/mol. The van der Waals surface area contributed by atoms with Gasteiger partial charge in [0.25, 0.3) is 0 Å². The van der Waals surface area contributed by atoms with Crippen LogP contribution in [0.5, 0.6) is 5.75 Å². The molecule has 0 unspecified atom stereocenters. The summed E-state index contributed by atoms with van der Waals surface area (Å²) in [4.78, 5) is 0. The summed E-state index contributed by atoms with van der Waals surface area (Å²) in [6, 6.07) is 0.390. The molecule has 0 saturated heterocycles. The van der Waals surface area contributed by atoms with Gasteiger partial charge in [0, 0.05) is 18.0 Å². The highest BCUT2D eigenvalue weighted by molar-refractivity contribution is 5.85. The van der Waals surface area contributed by atoms with Crippen LogP contribution < -0.4 is 10.5 Å². The first-order chi connectivity index (χ1) is 6.61. The van der Waals surface area contributed by atoms with Gasteiger partial charge in [-0.3, -0.25) is 0 Å². The fourth-order valence-electron chi connectivity index (χ4n) is 1.46. The number of rotatable bonds is 0. The van der Waals surface area contributed by atoms with E-state index in [2.05, 4.69) is 0 Å². The van der Waals surface area contributed by atoms with Crippen LogP contribution in [0.15, 0.2) is 6.07 Å². The van der Waals surface area contributed by atoms with Gasteiger partial charge in [0.05, 0.1) is 6.61 Å². The van der Waals surface area contributed by atoms with Crippen LogP contribution in [0.3, 0.4) is 0 Å². The summed E-state index contributed by atoms with van der Waals surface area (Å²) >= 11 is 0. The van der Waals surface area contributed by atoms with E-state index in [1.807, 2.05) is 0 Å². The van der Waals surface area contributed by atoms with Gasteiger partial charge in [-0.05, 0) is 6.07 Å². The molecule has 0 bridgehead atoms. The Labute approximate surface area is 90.6 Å². The van der Waals surface area contributed by atoms with Gasteiger partial charge >= 0.3 is 0 Å². The summed E-state index contributed by atoms with van der Waals surface area (Å²) in [6.07, 6.45) is 0.470. The summed E-state index contributed by atoms with van der Waals surface area (Å²) in [7, 11) is 0. The Balaban J connectivity index is 0.00000112. The third-order valence-electron chi connectivity index (χ3n) is 2.22. The van der Waals surface area contributed by atoms with Crippen molar-refractivity contribution < 1.29 is 17.9 Å². The van der Waals surface area contributed by atoms with Gasteiger partial charge in [0.2, 0.25) is 5.82 Å². The Hall–Kier alpha value is -0.940. The molecule has 2 rings (SSSR count). The minimum Gasteiger partial charge on any atom is -0.490 e. The SMILES string of the molecule is Cl.N[C@H]1CCOc2c1cc(F)c(F)c2F. The lowest BCUT2D eigenvalue weighted by molar-refractivity contribution is 0.247. The van der Waals surface area contributed by atoms with Crippen molar-refractivity contribution in [1.29, 1.82) is 0 Å². The summed E-state index contributed by atoms with van der Waals surface area (Å²) in [5, 5.41) is 0. The minimum absolute atomic E-state index is 0. The van der Waals surface area contributed by atoms with E-state index in [1.165, 1.54) is 0 Å². The highest BCUT2D eigenvalue weighted by atomic mass is 35.5. The third kappa shape index (κ3) is 1.89. The Morgan fingerprint density at radius 2 is 1.93 bits per heavy atom. The quantitative estimate of drug-likeness (QED) is 0.705. The van der Waals surface area contributed by atoms with Crippen LogP contribution in [-0.2, 0) is 0 Å². The third-order valence-corrected chi connectivity index (χ3v) is 2.22. The van der Waals surface area contributed by atoms with Crippen LogP contribution >= 0.6 is 12.4 Å². The van der Waals surface area contributed by atoms with Crippen molar-refractivity contribution in [3.05, 3.63) is 29.1 Å². The fourth-order valence-corrected chi connectivity index (χ4v) is 1.46. The van der Waals surface area contributed by atoms with E-state index in [0.717, 1.165) is 6.07 Å². The van der Waals surface area contributed by atoms with Gasteiger partial charge in [-0.15, -0.1) is 12.4 Å². The lowest BCUT2D eigenvalue weighted by atomic mass is 10.0. The summed E-state index contributed by atoms with van der Waals surface area (Å²) < 4.78 is 43.6. The topological polar surface area (TPSA) is 35.2 Å². The van der Waals surface area contributed by atoms with Gasteiger partial charge < -0.3 is 10.5 Å². The molecule has 84 valence electrons. The minimum atomic E-state index is -1.52. The number of nitrogens with two attached hydrogens (primary N) is 1. The van der Waals surface area contributed by atoms with E-state index in [4.69, 9.17) is 10.5 Å². The van der Waals surface area contributed by atoms with Crippen molar-refractivity contribution in [2.24, 2.45) is 5.73 Å². The second-order valence-corrected chi connectivity index (χ2v) is 3.15. The van der Waals surface area contributed by atoms with E-state index in [9.17, 15) is 13.2 Å². The van der Waals surface area contributed by atoms with Crippen LogP contribution in [0, 0.1) is 17.5 Å². The predicted molar refractivity (Wildman–Crippen MR) is 50.6 cm³/mol. The fraction of sp³-hybridized carbons (Fsp3) is 0.333. The van der Waals surface area contributed by atoms with E-state index in [1.54, 1.807) is 0 Å². The van der Waals surface area contributed by atoms with Crippen molar-refractivity contribution >= 4 is 12.4 Å². The molecule has 0 radical (unpaired) electrons. The molecule has 1 aromatic rings. The monoisotopic (exact) mass is 239 g/mol. The molecule has 0 aliphatic carbocycles. The number of fused-ring (bicyclic) bond motifs is 1. The Morgan fingerprint density at radius 3 is 2.60 bits per heavy atom. The molecule has 1 aliphatic heterocycles. The van der Waals surface area contributed by atoms with E-state index in [0.29, 0.717) is 6.42 Å². The van der Waals surface area contributed by atoms with Gasteiger partial charge in [-0.2, -0.15) is 4.39 Å². The highest BCUT2D eigenvalue weighted by Crippen LogP contribution is 2.35. The molecule has 1 aromatic carbocycles. The van der Waals surface area contributed by atoms with Crippen LogP contribution in [0.4, 0.5) is 13.2 Å². The predicted octanol–water partition coefficient (Wildman–Crippen LogP) is 2.31. The Morgan fingerprint density at radius 1 is 1.27 bits per heavy atom. The Bertz CT molecular complexity index is 386. The summed E-state index contributed by atoms with van der Waals surface area (Å²) in [5.74, 6) is -4.31. The van der Waals surface area contributed by atoms with E-state index in [-0.39, 0.29) is 30.3 Å². The van der Waals surface area contributed by atoms with E-state index >= 15 is 0 Å². The zero-order valence-corrected chi connectivity index (χ0v) is 8.41. The zero-order valence-electron chi connectivity index (χ0n) is 7.60. The van der Waals surface area contributed by atoms with Crippen molar-refractivity contribution in [3.8, 4) is 5.75 Å². The molecular weight excluding hydrogens is 231 g/mol. The molecule has 1 aliphatic rings. The zero-order chi connectivity index (χ0) is 10.3. The average Bonchev–Trinajstić information content (AvgIpc) is 2.17. The highest BCUT2D eigenvalue weighted by Gasteiger charge is 2.26. The second-order valence-electron chi connectivity index (χ2n) is 3.15.